The Morgan fingerprint density at radius 1 is 1.04 bits per heavy atom. The van der Waals surface area contributed by atoms with Crippen LogP contribution in [0.4, 0.5) is 0 Å². The first-order chi connectivity index (χ1) is 11.0. The highest BCUT2D eigenvalue weighted by molar-refractivity contribution is 7.13. The molecule has 0 fully saturated rings. The van der Waals surface area contributed by atoms with E-state index < -0.39 is 5.97 Å². The maximum absolute atomic E-state index is 10.9. The number of aryl methyl sites for hydroxylation is 2. The van der Waals surface area contributed by atoms with Gasteiger partial charge in [0.25, 0.3) is 0 Å². The number of benzene rings is 2. The Balaban J connectivity index is 1.79. The molecular weight excluding hydrogens is 310 g/mol. The number of carbonyl (C=O) groups is 1. The van der Waals surface area contributed by atoms with Crippen LogP contribution in [0.3, 0.4) is 0 Å². The summed E-state index contributed by atoms with van der Waals surface area (Å²) >= 11 is 1.31. The van der Waals surface area contributed by atoms with Gasteiger partial charge in [0.2, 0.25) is 0 Å². The summed E-state index contributed by atoms with van der Waals surface area (Å²) < 4.78 is 5.86. The largest absolute Gasteiger partial charge is 0.476 e. The van der Waals surface area contributed by atoms with Crippen molar-refractivity contribution in [1.82, 2.24) is 4.98 Å². The van der Waals surface area contributed by atoms with Crippen molar-refractivity contribution < 1.29 is 14.6 Å². The van der Waals surface area contributed by atoms with E-state index in [4.69, 9.17) is 9.84 Å². The van der Waals surface area contributed by atoms with Gasteiger partial charge >= 0.3 is 5.97 Å². The van der Waals surface area contributed by atoms with E-state index in [0.29, 0.717) is 5.01 Å². The van der Waals surface area contributed by atoms with Gasteiger partial charge in [-0.25, -0.2) is 9.78 Å². The average Bonchev–Trinajstić information content (AvgIpc) is 2.97. The van der Waals surface area contributed by atoms with Crippen LogP contribution < -0.4 is 4.74 Å². The Kier molecular flexibility index (Phi) is 4.12. The lowest BCUT2D eigenvalue weighted by atomic mass is 10.1. The fourth-order valence-electron chi connectivity index (χ4n) is 2.30. The minimum absolute atomic E-state index is 0.0700. The molecule has 4 nitrogen and oxygen atoms in total. The Morgan fingerprint density at radius 2 is 1.70 bits per heavy atom. The lowest BCUT2D eigenvalue weighted by molar-refractivity contribution is 0.0691. The van der Waals surface area contributed by atoms with E-state index in [1.165, 1.54) is 16.7 Å². The Labute approximate surface area is 138 Å². The van der Waals surface area contributed by atoms with Gasteiger partial charge in [0, 0.05) is 10.9 Å². The third-order valence-corrected chi connectivity index (χ3v) is 4.15. The van der Waals surface area contributed by atoms with Crippen molar-refractivity contribution in [2.45, 2.75) is 13.8 Å². The van der Waals surface area contributed by atoms with E-state index >= 15 is 0 Å². The molecule has 3 aromatic rings. The van der Waals surface area contributed by atoms with Gasteiger partial charge in [0.05, 0.1) is 0 Å². The highest BCUT2D eigenvalue weighted by Gasteiger charge is 2.10. The molecule has 0 unspecified atom stereocenters. The zero-order valence-corrected chi connectivity index (χ0v) is 13.6. The number of rotatable bonds is 4. The van der Waals surface area contributed by atoms with Gasteiger partial charge in [-0.05, 0) is 61.4 Å². The van der Waals surface area contributed by atoms with Crippen LogP contribution in [0.5, 0.6) is 11.5 Å². The second-order valence-corrected chi connectivity index (χ2v) is 6.15. The molecule has 0 bridgehead atoms. The van der Waals surface area contributed by atoms with Crippen molar-refractivity contribution in [3.63, 3.8) is 0 Å². The molecule has 3 rings (SSSR count). The van der Waals surface area contributed by atoms with Crippen molar-refractivity contribution in [2.75, 3.05) is 0 Å². The van der Waals surface area contributed by atoms with E-state index in [1.807, 2.05) is 50.2 Å². The summed E-state index contributed by atoms with van der Waals surface area (Å²) in [5.74, 6) is 0.522. The van der Waals surface area contributed by atoms with Gasteiger partial charge in [0.1, 0.15) is 16.5 Å². The topological polar surface area (TPSA) is 59.4 Å². The lowest BCUT2D eigenvalue weighted by Crippen LogP contribution is -1.95. The number of nitrogens with zero attached hydrogens (tertiary/aromatic N) is 1. The fourth-order valence-corrected chi connectivity index (χ4v) is 3.10. The molecule has 0 aliphatic heterocycles. The number of hydrogen-bond acceptors (Lipinski definition) is 4. The first-order valence-electron chi connectivity index (χ1n) is 7.07. The number of ether oxygens (including phenoxy) is 1. The molecule has 1 aromatic heterocycles. The van der Waals surface area contributed by atoms with Gasteiger partial charge in [-0.2, -0.15) is 0 Å². The lowest BCUT2D eigenvalue weighted by Gasteiger charge is -2.08. The summed E-state index contributed by atoms with van der Waals surface area (Å²) in [6, 6.07) is 13.5. The third-order valence-electron chi connectivity index (χ3n) is 3.26. The van der Waals surface area contributed by atoms with Crippen LogP contribution in [0, 0.1) is 13.8 Å². The summed E-state index contributed by atoms with van der Waals surface area (Å²) in [7, 11) is 0. The summed E-state index contributed by atoms with van der Waals surface area (Å²) in [5, 5.41) is 11.1. The number of thiazole rings is 1. The fraction of sp³-hybridized carbons (Fsp3) is 0.111. The number of carboxylic acid groups (broad SMARTS) is 1. The van der Waals surface area contributed by atoms with Crippen LogP contribution in [-0.4, -0.2) is 16.1 Å². The minimum Gasteiger partial charge on any atom is -0.476 e. The van der Waals surface area contributed by atoms with Crippen LogP contribution in [0.25, 0.3) is 10.6 Å². The molecule has 0 aliphatic carbocycles. The SMILES string of the molecule is Cc1cc(C)cc(Oc2ccc(-c3nc(C(=O)O)cs3)cc2)c1. The van der Waals surface area contributed by atoms with Crippen molar-refractivity contribution in [1.29, 1.82) is 0 Å². The molecule has 23 heavy (non-hydrogen) atoms. The van der Waals surface area contributed by atoms with Crippen LogP contribution in [0.2, 0.25) is 0 Å². The highest BCUT2D eigenvalue weighted by Crippen LogP contribution is 2.28. The highest BCUT2D eigenvalue weighted by atomic mass is 32.1. The summed E-state index contributed by atoms with van der Waals surface area (Å²) in [6.07, 6.45) is 0. The maximum Gasteiger partial charge on any atom is 0.355 e. The van der Waals surface area contributed by atoms with E-state index in [9.17, 15) is 4.79 Å². The van der Waals surface area contributed by atoms with Gasteiger partial charge in [-0.1, -0.05) is 6.07 Å². The normalized spacial score (nSPS) is 10.5. The molecule has 0 atom stereocenters. The second kappa shape index (κ2) is 6.22. The van der Waals surface area contributed by atoms with Crippen molar-refractivity contribution in [3.8, 4) is 22.1 Å². The molecule has 1 N–H and O–H groups in total. The number of hydrogen-bond donors (Lipinski definition) is 1. The van der Waals surface area contributed by atoms with Crippen LogP contribution in [0.1, 0.15) is 21.6 Å². The van der Waals surface area contributed by atoms with Crippen LogP contribution >= 0.6 is 11.3 Å². The number of aromatic carboxylic acids is 1. The molecule has 0 spiro atoms. The Bertz CT molecular complexity index is 833. The smallest absolute Gasteiger partial charge is 0.355 e. The van der Waals surface area contributed by atoms with E-state index in [1.54, 1.807) is 0 Å². The molecular formula is C18H15NO3S. The Morgan fingerprint density at radius 3 is 2.26 bits per heavy atom. The van der Waals surface area contributed by atoms with Crippen molar-refractivity contribution >= 4 is 17.3 Å². The minimum atomic E-state index is -1.01. The summed E-state index contributed by atoms with van der Waals surface area (Å²) in [5.41, 5.74) is 3.25. The zero-order valence-electron chi connectivity index (χ0n) is 12.7. The molecule has 116 valence electrons. The zero-order chi connectivity index (χ0) is 16.4. The second-order valence-electron chi connectivity index (χ2n) is 5.29. The predicted molar refractivity (Wildman–Crippen MR) is 90.5 cm³/mol. The van der Waals surface area contributed by atoms with Gasteiger partial charge in [-0.15, -0.1) is 11.3 Å². The molecule has 0 saturated carbocycles. The Hall–Kier alpha value is -2.66. The van der Waals surface area contributed by atoms with E-state index in [0.717, 1.165) is 28.2 Å². The number of aromatic nitrogens is 1. The van der Waals surface area contributed by atoms with E-state index in [-0.39, 0.29) is 5.69 Å². The quantitative estimate of drug-likeness (QED) is 0.740. The monoisotopic (exact) mass is 325 g/mol. The molecule has 1 heterocycles. The summed E-state index contributed by atoms with van der Waals surface area (Å²) in [4.78, 5) is 15.0. The standard InChI is InChI=1S/C18H15NO3S/c1-11-7-12(2)9-15(8-11)22-14-5-3-13(4-6-14)17-19-16(10-23-17)18(20)21/h3-10H,1-2H3,(H,20,21). The average molecular weight is 325 g/mol. The molecule has 0 saturated heterocycles. The molecule has 0 amide bonds. The van der Waals surface area contributed by atoms with Crippen molar-refractivity contribution in [2.24, 2.45) is 0 Å². The van der Waals surface area contributed by atoms with Gasteiger partial charge < -0.3 is 9.84 Å². The molecule has 5 heteroatoms. The molecule has 2 aromatic carbocycles. The van der Waals surface area contributed by atoms with Crippen molar-refractivity contribution in [3.05, 3.63) is 64.7 Å². The first-order valence-corrected chi connectivity index (χ1v) is 7.94. The van der Waals surface area contributed by atoms with Gasteiger partial charge in [-0.3, -0.25) is 0 Å². The predicted octanol–water partition coefficient (Wildman–Crippen LogP) is 4.92. The molecule has 0 aliphatic rings. The maximum atomic E-state index is 10.9. The van der Waals surface area contributed by atoms with E-state index in [2.05, 4.69) is 11.1 Å². The van der Waals surface area contributed by atoms with Crippen LogP contribution in [-0.2, 0) is 0 Å². The third kappa shape index (κ3) is 3.57. The molecule has 0 radical (unpaired) electrons. The summed E-state index contributed by atoms with van der Waals surface area (Å²) in [6.45, 7) is 4.07. The first kappa shape index (κ1) is 15.2. The van der Waals surface area contributed by atoms with Crippen LogP contribution in [0.15, 0.2) is 47.8 Å². The van der Waals surface area contributed by atoms with Gasteiger partial charge in [0.15, 0.2) is 5.69 Å². The number of carboxylic acids is 1.